The normalized spacial score (nSPS) is 9.29. The third kappa shape index (κ3) is 4.14. The number of aryl methyl sites for hydroxylation is 2. The molecule has 0 unspecified atom stereocenters. The Kier molecular flexibility index (Phi) is 4.86. The molecule has 0 fully saturated rings. The molecule has 0 spiro atoms. The van der Waals surface area contributed by atoms with Crippen molar-refractivity contribution in [2.24, 2.45) is 0 Å². The predicted octanol–water partition coefficient (Wildman–Crippen LogP) is 3.73. The monoisotopic (exact) mass is 186 g/mol. The van der Waals surface area contributed by atoms with Crippen LogP contribution in [-0.2, 0) is 6.42 Å². The first kappa shape index (κ1) is 10.9. The fourth-order valence-corrected chi connectivity index (χ4v) is 1.42. The van der Waals surface area contributed by atoms with E-state index < -0.39 is 0 Å². The van der Waals surface area contributed by atoms with Gasteiger partial charge in [0.05, 0.1) is 0 Å². The summed E-state index contributed by atoms with van der Waals surface area (Å²) in [6, 6.07) is 8.81. The van der Waals surface area contributed by atoms with Gasteiger partial charge in [-0.2, -0.15) is 0 Å². The van der Waals surface area contributed by atoms with Crippen molar-refractivity contribution in [3.8, 4) is 11.8 Å². The van der Waals surface area contributed by atoms with E-state index in [4.69, 9.17) is 0 Å². The minimum absolute atomic E-state index is 1.04. The van der Waals surface area contributed by atoms with E-state index in [2.05, 4.69) is 43.0 Å². The van der Waals surface area contributed by atoms with Crippen molar-refractivity contribution in [3.63, 3.8) is 0 Å². The maximum atomic E-state index is 3.09. The summed E-state index contributed by atoms with van der Waals surface area (Å²) in [6.07, 6.45) is 4.69. The molecule has 1 rings (SSSR count). The van der Waals surface area contributed by atoms with E-state index in [0.29, 0.717) is 0 Å². The largest absolute Gasteiger partial charge is 0.107 e. The first-order valence-corrected chi connectivity index (χ1v) is 5.28. The van der Waals surface area contributed by atoms with Crippen molar-refractivity contribution in [1.82, 2.24) is 0 Å². The molecule has 0 radical (unpaired) electrons. The topological polar surface area (TPSA) is 0 Å². The van der Waals surface area contributed by atoms with Gasteiger partial charge in [0, 0.05) is 6.42 Å². The quantitative estimate of drug-likeness (QED) is 0.496. The smallest absolute Gasteiger partial charge is 0.00886 e. The maximum Gasteiger partial charge on any atom is 0.00886 e. The van der Waals surface area contributed by atoms with Crippen molar-refractivity contribution < 1.29 is 0 Å². The number of benzene rings is 1. The second-order valence-corrected chi connectivity index (χ2v) is 3.62. The number of unbranched alkanes of at least 4 members (excludes halogenated alkanes) is 2. The van der Waals surface area contributed by atoms with Crippen molar-refractivity contribution in [3.05, 3.63) is 35.4 Å². The lowest BCUT2D eigenvalue weighted by molar-refractivity contribution is 0.756. The maximum absolute atomic E-state index is 3.09. The minimum atomic E-state index is 1.04. The number of hydrogen-bond donors (Lipinski definition) is 0. The molecule has 0 saturated heterocycles. The predicted molar refractivity (Wildman–Crippen MR) is 62.2 cm³/mol. The van der Waals surface area contributed by atoms with E-state index in [9.17, 15) is 0 Å². The minimum Gasteiger partial charge on any atom is -0.107 e. The molecule has 0 heteroatoms. The average Bonchev–Trinajstić information content (AvgIpc) is 2.21. The molecule has 1 aromatic carbocycles. The molecular formula is C14H18. The summed E-state index contributed by atoms with van der Waals surface area (Å²) in [5, 5.41) is 0. The fraction of sp³-hybridized carbons (Fsp3) is 0.429. The molecule has 0 saturated carbocycles. The van der Waals surface area contributed by atoms with Crippen molar-refractivity contribution >= 4 is 0 Å². The molecule has 0 aliphatic heterocycles. The summed E-state index contributed by atoms with van der Waals surface area (Å²) in [5.41, 5.74) is 2.78. The molecule has 0 nitrogen and oxygen atoms in total. The average molecular weight is 186 g/mol. The van der Waals surface area contributed by atoms with Gasteiger partial charge in [-0.1, -0.05) is 29.8 Å². The van der Waals surface area contributed by atoms with Crippen LogP contribution in [-0.4, -0.2) is 0 Å². The first-order valence-electron chi connectivity index (χ1n) is 5.28. The van der Waals surface area contributed by atoms with Gasteiger partial charge in [0.25, 0.3) is 0 Å². The van der Waals surface area contributed by atoms with Gasteiger partial charge in [-0.25, -0.2) is 0 Å². The zero-order chi connectivity index (χ0) is 10.2. The Morgan fingerprint density at radius 1 is 1.07 bits per heavy atom. The summed E-state index contributed by atoms with van der Waals surface area (Å²) in [4.78, 5) is 0. The highest BCUT2D eigenvalue weighted by Crippen LogP contribution is 2.07. The van der Waals surface area contributed by atoms with Crippen LogP contribution in [0.4, 0.5) is 0 Å². The van der Waals surface area contributed by atoms with Gasteiger partial charge in [0.2, 0.25) is 0 Å². The van der Waals surface area contributed by atoms with Crippen LogP contribution in [0.2, 0.25) is 0 Å². The van der Waals surface area contributed by atoms with Gasteiger partial charge in [-0.15, -0.1) is 11.8 Å². The standard InChI is InChI=1S/C14H18/c1-3-4-5-6-7-8-14-11-9-13(2)10-12-14/h9-12H,5-8H2,1-2H3. The highest BCUT2D eigenvalue weighted by molar-refractivity contribution is 5.21. The molecule has 14 heavy (non-hydrogen) atoms. The van der Waals surface area contributed by atoms with Gasteiger partial charge in [-0.3, -0.25) is 0 Å². The molecule has 0 atom stereocenters. The lowest BCUT2D eigenvalue weighted by Crippen LogP contribution is -1.85. The van der Waals surface area contributed by atoms with Gasteiger partial charge in [-0.05, 0) is 38.7 Å². The van der Waals surface area contributed by atoms with Crippen LogP contribution in [0, 0.1) is 18.8 Å². The molecule has 0 aromatic heterocycles. The molecular weight excluding hydrogens is 168 g/mol. The molecule has 0 heterocycles. The van der Waals surface area contributed by atoms with Crippen LogP contribution < -0.4 is 0 Å². The molecule has 74 valence electrons. The van der Waals surface area contributed by atoms with Crippen LogP contribution in [0.1, 0.15) is 37.3 Å². The van der Waals surface area contributed by atoms with Crippen LogP contribution >= 0.6 is 0 Å². The van der Waals surface area contributed by atoms with Gasteiger partial charge >= 0.3 is 0 Å². The van der Waals surface area contributed by atoms with Crippen molar-refractivity contribution in [1.29, 1.82) is 0 Å². The van der Waals surface area contributed by atoms with Crippen LogP contribution in [0.25, 0.3) is 0 Å². The first-order chi connectivity index (χ1) is 6.83. The van der Waals surface area contributed by atoms with Crippen LogP contribution in [0.5, 0.6) is 0 Å². The van der Waals surface area contributed by atoms with E-state index in [1.165, 1.54) is 30.4 Å². The lowest BCUT2D eigenvalue weighted by atomic mass is 10.1. The molecule has 0 amide bonds. The van der Waals surface area contributed by atoms with E-state index in [0.717, 1.165) is 6.42 Å². The third-order valence-corrected chi connectivity index (χ3v) is 2.31. The van der Waals surface area contributed by atoms with E-state index in [-0.39, 0.29) is 0 Å². The molecule has 0 aliphatic carbocycles. The zero-order valence-corrected chi connectivity index (χ0v) is 9.14. The molecule has 1 aromatic rings. The Hall–Kier alpha value is -1.22. The van der Waals surface area contributed by atoms with Gasteiger partial charge in [0.15, 0.2) is 0 Å². The Bertz CT molecular complexity index is 308. The number of rotatable bonds is 4. The SMILES string of the molecule is CC#CCCCCc1ccc(C)cc1. The van der Waals surface area contributed by atoms with Gasteiger partial charge < -0.3 is 0 Å². The van der Waals surface area contributed by atoms with Crippen molar-refractivity contribution in [2.45, 2.75) is 39.5 Å². The Balaban J connectivity index is 2.23. The Morgan fingerprint density at radius 3 is 2.43 bits per heavy atom. The second kappa shape index (κ2) is 6.27. The second-order valence-electron chi connectivity index (χ2n) is 3.62. The van der Waals surface area contributed by atoms with Crippen LogP contribution in [0.3, 0.4) is 0 Å². The summed E-state index contributed by atoms with van der Waals surface area (Å²) in [5.74, 6) is 6.02. The number of hydrogen-bond acceptors (Lipinski definition) is 0. The van der Waals surface area contributed by atoms with E-state index in [1.807, 2.05) is 6.92 Å². The fourth-order valence-electron chi connectivity index (χ4n) is 1.42. The molecule has 0 bridgehead atoms. The van der Waals surface area contributed by atoms with Crippen LogP contribution in [0.15, 0.2) is 24.3 Å². The van der Waals surface area contributed by atoms with E-state index in [1.54, 1.807) is 0 Å². The van der Waals surface area contributed by atoms with E-state index >= 15 is 0 Å². The highest BCUT2D eigenvalue weighted by atomic mass is 14.0. The summed E-state index contributed by atoms with van der Waals surface area (Å²) >= 11 is 0. The Morgan fingerprint density at radius 2 is 1.79 bits per heavy atom. The Labute approximate surface area is 87.4 Å². The third-order valence-electron chi connectivity index (χ3n) is 2.31. The molecule has 0 aliphatic rings. The summed E-state index contributed by atoms with van der Waals surface area (Å²) in [7, 11) is 0. The van der Waals surface area contributed by atoms with Crippen molar-refractivity contribution in [2.75, 3.05) is 0 Å². The lowest BCUT2D eigenvalue weighted by Gasteiger charge is -2.00. The molecule has 0 N–H and O–H groups in total. The zero-order valence-electron chi connectivity index (χ0n) is 9.14. The summed E-state index contributed by atoms with van der Waals surface area (Å²) < 4.78 is 0. The summed E-state index contributed by atoms with van der Waals surface area (Å²) in [6.45, 7) is 4.03. The highest BCUT2D eigenvalue weighted by Gasteiger charge is 1.92. The van der Waals surface area contributed by atoms with Gasteiger partial charge in [0.1, 0.15) is 0 Å².